The molecule has 0 aliphatic heterocycles. The van der Waals surface area contributed by atoms with Gasteiger partial charge in [0.25, 0.3) is 5.56 Å². The number of nitriles is 1. The monoisotopic (exact) mass is 345 g/mol. The lowest BCUT2D eigenvalue weighted by molar-refractivity contribution is 0.477. The Hall–Kier alpha value is -3.85. The number of aromatic hydroxyl groups is 1. The third-order valence-corrected chi connectivity index (χ3v) is 4.27. The van der Waals surface area contributed by atoms with Gasteiger partial charge in [-0.3, -0.25) is 9.36 Å². The minimum atomic E-state index is -0.591. The molecule has 4 rings (SSSR count). The number of halogens is 1. The van der Waals surface area contributed by atoms with Crippen molar-refractivity contribution >= 4 is 11.0 Å². The van der Waals surface area contributed by atoms with E-state index in [2.05, 4.69) is 4.98 Å². The number of aromatic amines is 1. The third kappa shape index (κ3) is 2.34. The van der Waals surface area contributed by atoms with E-state index in [0.717, 1.165) is 11.1 Å². The van der Waals surface area contributed by atoms with E-state index in [-0.39, 0.29) is 17.1 Å². The number of nitrogens with zero attached hydrogens (tertiary/aromatic N) is 2. The standard InChI is InChI=1S/C20H12FN3O2/c21-14-5-1-12(2-6-14)13-3-7-15(8-4-13)24-17-9-10-23-18(17)19(25)16(11-22)20(24)26/h1-10,23,25H. The van der Waals surface area contributed by atoms with Crippen molar-refractivity contribution in [1.29, 1.82) is 5.26 Å². The maximum atomic E-state index is 13.1. The lowest BCUT2D eigenvalue weighted by atomic mass is 10.1. The van der Waals surface area contributed by atoms with Gasteiger partial charge in [-0.05, 0) is 41.5 Å². The Bertz CT molecular complexity index is 1210. The number of hydrogen-bond donors (Lipinski definition) is 2. The Balaban J connectivity index is 1.89. The average Bonchev–Trinajstić information content (AvgIpc) is 3.13. The first-order valence-corrected chi connectivity index (χ1v) is 7.81. The average molecular weight is 345 g/mol. The summed E-state index contributed by atoms with van der Waals surface area (Å²) < 4.78 is 14.4. The summed E-state index contributed by atoms with van der Waals surface area (Å²) in [5.74, 6) is -0.656. The molecule has 2 heterocycles. The molecule has 4 aromatic rings. The number of fused-ring (bicyclic) bond motifs is 1. The number of pyridine rings is 1. The van der Waals surface area contributed by atoms with Gasteiger partial charge in [-0.25, -0.2) is 4.39 Å². The summed E-state index contributed by atoms with van der Waals surface area (Å²) in [6.45, 7) is 0. The SMILES string of the molecule is N#Cc1c(O)c2[nH]ccc2n(-c2ccc(-c3ccc(F)cc3)cc2)c1=O. The number of hydrogen-bond acceptors (Lipinski definition) is 3. The van der Waals surface area contributed by atoms with Crippen molar-refractivity contribution in [3.63, 3.8) is 0 Å². The van der Waals surface area contributed by atoms with Gasteiger partial charge in [0, 0.05) is 11.9 Å². The van der Waals surface area contributed by atoms with Gasteiger partial charge >= 0.3 is 0 Å². The first kappa shape index (κ1) is 15.7. The number of aromatic nitrogens is 2. The third-order valence-electron chi connectivity index (χ3n) is 4.27. The van der Waals surface area contributed by atoms with Crippen LogP contribution in [0.1, 0.15) is 5.56 Å². The molecule has 0 aliphatic carbocycles. The second-order valence-electron chi connectivity index (χ2n) is 5.77. The van der Waals surface area contributed by atoms with E-state index in [1.807, 2.05) is 12.1 Å². The van der Waals surface area contributed by atoms with Crippen LogP contribution in [0.4, 0.5) is 4.39 Å². The van der Waals surface area contributed by atoms with Gasteiger partial charge in [-0.15, -0.1) is 0 Å². The lowest BCUT2D eigenvalue weighted by Crippen LogP contribution is -2.21. The minimum absolute atomic E-state index is 0.306. The highest BCUT2D eigenvalue weighted by atomic mass is 19.1. The van der Waals surface area contributed by atoms with Crippen molar-refractivity contribution in [3.05, 3.63) is 82.5 Å². The normalized spacial score (nSPS) is 10.8. The van der Waals surface area contributed by atoms with E-state index < -0.39 is 5.56 Å². The van der Waals surface area contributed by atoms with E-state index in [4.69, 9.17) is 0 Å². The molecule has 0 saturated carbocycles. The van der Waals surface area contributed by atoms with Gasteiger partial charge in [-0.1, -0.05) is 24.3 Å². The zero-order chi connectivity index (χ0) is 18.3. The predicted octanol–water partition coefficient (Wildman–Crippen LogP) is 3.70. The number of H-pyrrole nitrogens is 1. The topological polar surface area (TPSA) is 81.8 Å². The molecular weight excluding hydrogens is 333 g/mol. The molecule has 0 amide bonds. The molecule has 0 radical (unpaired) electrons. The van der Waals surface area contributed by atoms with Crippen molar-refractivity contribution in [2.24, 2.45) is 0 Å². The van der Waals surface area contributed by atoms with E-state index in [0.29, 0.717) is 16.7 Å². The molecule has 0 unspecified atom stereocenters. The van der Waals surface area contributed by atoms with Crippen molar-refractivity contribution < 1.29 is 9.50 Å². The van der Waals surface area contributed by atoms with Crippen molar-refractivity contribution in [1.82, 2.24) is 9.55 Å². The molecule has 0 spiro atoms. The first-order chi connectivity index (χ1) is 12.6. The molecule has 0 bridgehead atoms. The molecule has 26 heavy (non-hydrogen) atoms. The van der Waals surface area contributed by atoms with Gasteiger partial charge in [0.05, 0.1) is 5.52 Å². The van der Waals surface area contributed by atoms with Crippen LogP contribution < -0.4 is 5.56 Å². The summed E-state index contributed by atoms with van der Waals surface area (Å²) >= 11 is 0. The Morgan fingerprint density at radius 3 is 2.23 bits per heavy atom. The summed E-state index contributed by atoms with van der Waals surface area (Å²) in [5.41, 5.74) is 2.16. The van der Waals surface area contributed by atoms with Crippen LogP contribution in [0.5, 0.6) is 5.75 Å². The van der Waals surface area contributed by atoms with Gasteiger partial charge < -0.3 is 10.1 Å². The second-order valence-corrected chi connectivity index (χ2v) is 5.77. The smallest absolute Gasteiger partial charge is 0.277 e. The van der Waals surface area contributed by atoms with E-state index in [9.17, 15) is 19.6 Å². The Kier molecular flexibility index (Phi) is 3.55. The Morgan fingerprint density at radius 1 is 1.00 bits per heavy atom. The lowest BCUT2D eigenvalue weighted by Gasteiger charge is -2.11. The Labute approximate surface area is 147 Å². The first-order valence-electron chi connectivity index (χ1n) is 7.81. The fourth-order valence-corrected chi connectivity index (χ4v) is 2.99. The second kappa shape index (κ2) is 5.90. The fraction of sp³-hybridized carbons (Fsp3) is 0. The highest BCUT2D eigenvalue weighted by Crippen LogP contribution is 2.27. The van der Waals surface area contributed by atoms with E-state index in [1.54, 1.807) is 42.6 Å². The Morgan fingerprint density at radius 2 is 1.62 bits per heavy atom. The molecule has 2 N–H and O–H groups in total. The van der Waals surface area contributed by atoms with Crippen molar-refractivity contribution in [3.8, 4) is 28.6 Å². The van der Waals surface area contributed by atoms with Crippen LogP contribution in [0.3, 0.4) is 0 Å². The number of rotatable bonds is 2. The molecule has 0 fully saturated rings. The van der Waals surface area contributed by atoms with E-state index in [1.165, 1.54) is 16.7 Å². The summed E-state index contributed by atoms with van der Waals surface area (Å²) in [7, 11) is 0. The summed E-state index contributed by atoms with van der Waals surface area (Å²) in [5, 5.41) is 19.3. The van der Waals surface area contributed by atoms with Crippen LogP contribution in [0, 0.1) is 17.1 Å². The molecule has 6 heteroatoms. The van der Waals surface area contributed by atoms with Crippen LogP contribution in [0.15, 0.2) is 65.6 Å². The molecule has 0 atom stereocenters. The van der Waals surface area contributed by atoms with Gasteiger partial charge in [0.1, 0.15) is 17.4 Å². The largest absolute Gasteiger partial charge is 0.504 e. The molecule has 2 aromatic carbocycles. The molecule has 2 aromatic heterocycles. The predicted molar refractivity (Wildman–Crippen MR) is 95.7 cm³/mol. The summed E-state index contributed by atoms with van der Waals surface area (Å²) in [6.07, 6.45) is 1.59. The molecule has 0 saturated heterocycles. The van der Waals surface area contributed by atoms with Gasteiger partial charge in [0.2, 0.25) is 0 Å². The van der Waals surface area contributed by atoms with Crippen molar-refractivity contribution in [2.75, 3.05) is 0 Å². The molecular formula is C20H12FN3O2. The minimum Gasteiger partial charge on any atom is -0.504 e. The molecule has 0 aliphatic rings. The van der Waals surface area contributed by atoms with Crippen LogP contribution in [-0.4, -0.2) is 14.7 Å². The van der Waals surface area contributed by atoms with Crippen LogP contribution in [-0.2, 0) is 0 Å². The number of benzene rings is 2. The zero-order valence-corrected chi connectivity index (χ0v) is 13.4. The highest BCUT2D eigenvalue weighted by Gasteiger charge is 2.18. The van der Waals surface area contributed by atoms with Crippen LogP contribution in [0.25, 0.3) is 27.8 Å². The van der Waals surface area contributed by atoms with Crippen LogP contribution >= 0.6 is 0 Å². The maximum Gasteiger partial charge on any atom is 0.277 e. The zero-order valence-electron chi connectivity index (χ0n) is 13.4. The maximum absolute atomic E-state index is 13.1. The quantitative estimate of drug-likeness (QED) is 0.581. The molecule has 5 nitrogen and oxygen atoms in total. The molecule has 126 valence electrons. The fourth-order valence-electron chi connectivity index (χ4n) is 2.99. The van der Waals surface area contributed by atoms with E-state index >= 15 is 0 Å². The van der Waals surface area contributed by atoms with Gasteiger partial charge in [0.15, 0.2) is 11.3 Å². The van der Waals surface area contributed by atoms with Gasteiger partial charge in [-0.2, -0.15) is 5.26 Å². The van der Waals surface area contributed by atoms with Crippen LogP contribution in [0.2, 0.25) is 0 Å². The summed E-state index contributed by atoms with van der Waals surface area (Å²) in [6, 6.07) is 16.6. The highest BCUT2D eigenvalue weighted by molar-refractivity contribution is 5.85. The van der Waals surface area contributed by atoms with Crippen molar-refractivity contribution in [2.45, 2.75) is 0 Å². The number of nitrogens with one attached hydrogen (secondary N) is 1. The summed E-state index contributed by atoms with van der Waals surface area (Å²) in [4.78, 5) is 15.5.